The highest BCUT2D eigenvalue weighted by Gasteiger charge is 2.35. The minimum Gasteiger partial charge on any atom is -0.350 e. The van der Waals surface area contributed by atoms with Crippen LogP contribution in [0.3, 0.4) is 0 Å². The smallest absolute Gasteiger partial charge is 0.259 e. The topological polar surface area (TPSA) is 49.4 Å². The fraction of sp³-hybridized carbons (Fsp3) is 0.143. The highest BCUT2D eigenvalue weighted by molar-refractivity contribution is 6.26. The molecule has 0 aliphatic carbocycles. The van der Waals surface area contributed by atoms with Crippen LogP contribution in [0.4, 0.5) is 5.69 Å². The maximum atomic E-state index is 12.8. The quantitative estimate of drug-likeness (QED) is 0.796. The molecule has 1 atom stereocenters. The van der Waals surface area contributed by atoms with Gasteiger partial charge >= 0.3 is 0 Å². The zero-order valence-electron chi connectivity index (χ0n) is 13.9. The molecule has 0 saturated heterocycles. The molecule has 124 valence electrons. The molecule has 0 saturated carbocycles. The molecule has 3 aromatic carbocycles. The summed E-state index contributed by atoms with van der Waals surface area (Å²) in [7, 11) is 0. The second-order valence-corrected chi connectivity index (χ2v) is 6.24. The monoisotopic (exact) mass is 330 g/mol. The van der Waals surface area contributed by atoms with Crippen molar-refractivity contribution >= 4 is 28.3 Å². The van der Waals surface area contributed by atoms with Gasteiger partial charge in [-0.1, -0.05) is 54.6 Å². The van der Waals surface area contributed by atoms with Crippen molar-refractivity contribution in [3.05, 3.63) is 77.9 Å². The highest BCUT2D eigenvalue weighted by Crippen LogP contribution is 2.38. The van der Waals surface area contributed by atoms with Gasteiger partial charge in [-0.05, 0) is 30.0 Å². The average Bonchev–Trinajstić information content (AvgIpc) is 2.94. The van der Waals surface area contributed by atoms with E-state index in [-0.39, 0.29) is 11.8 Å². The first-order valence-electron chi connectivity index (χ1n) is 8.34. The van der Waals surface area contributed by atoms with Crippen molar-refractivity contribution in [1.82, 2.24) is 5.32 Å². The van der Waals surface area contributed by atoms with E-state index in [2.05, 4.69) is 5.32 Å². The zero-order chi connectivity index (χ0) is 17.4. The predicted molar refractivity (Wildman–Crippen MR) is 98.5 cm³/mol. The summed E-state index contributed by atoms with van der Waals surface area (Å²) >= 11 is 0. The average molecular weight is 330 g/mol. The standard InChI is InChI=1S/C21H18N2O2/c1-14(20(24)22-13-15-7-3-2-4-8-15)23-18-12-6-10-16-9-5-11-17(19(16)18)21(23)25/h2-12,14H,13H2,1H3,(H,22,24)/t14-/m0/s1. The zero-order valence-corrected chi connectivity index (χ0v) is 13.9. The molecule has 1 aliphatic heterocycles. The van der Waals surface area contributed by atoms with Crippen LogP contribution in [0.25, 0.3) is 10.8 Å². The molecule has 0 aromatic heterocycles. The molecule has 4 nitrogen and oxygen atoms in total. The normalized spacial score (nSPS) is 14.0. The summed E-state index contributed by atoms with van der Waals surface area (Å²) in [5.74, 6) is -0.281. The van der Waals surface area contributed by atoms with E-state index in [9.17, 15) is 9.59 Å². The Morgan fingerprint density at radius 3 is 2.48 bits per heavy atom. The number of nitrogens with zero attached hydrogens (tertiary/aromatic N) is 1. The molecule has 1 aliphatic rings. The molecule has 2 amide bonds. The van der Waals surface area contributed by atoms with Crippen molar-refractivity contribution in [2.45, 2.75) is 19.5 Å². The van der Waals surface area contributed by atoms with E-state index in [1.807, 2.05) is 66.7 Å². The number of amides is 2. The van der Waals surface area contributed by atoms with Crippen LogP contribution >= 0.6 is 0 Å². The summed E-state index contributed by atoms with van der Waals surface area (Å²) in [6, 6.07) is 20.6. The summed E-state index contributed by atoms with van der Waals surface area (Å²) in [4.78, 5) is 27.1. The fourth-order valence-corrected chi connectivity index (χ4v) is 3.37. The molecular weight excluding hydrogens is 312 g/mol. The van der Waals surface area contributed by atoms with E-state index in [4.69, 9.17) is 0 Å². The van der Waals surface area contributed by atoms with Crippen molar-refractivity contribution in [3.63, 3.8) is 0 Å². The van der Waals surface area contributed by atoms with Crippen molar-refractivity contribution in [1.29, 1.82) is 0 Å². The van der Waals surface area contributed by atoms with E-state index in [0.717, 1.165) is 22.0 Å². The number of rotatable bonds is 4. The van der Waals surface area contributed by atoms with Gasteiger partial charge in [0.15, 0.2) is 0 Å². The molecule has 4 rings (SSSR count). The molecule has 0 radical (unpaired) electrons. The van der Waals surface area contributed by atoms with Crippen LogP contribution in [0.5, 0.6) is 0 Å². The van der Waals surface area contributed by atoms with Gasteiger partial charge < -0.3 is 5.32 Å². The van der Waals surface area contributed by atoms with Crippen LogP contribution in [0.2, 0.25) is 0 Å². The lowest BCUT2D eigenvalue weighted by Crippen LogP contribution is -2.46. The lowest BCUT2D eigenvalue weighted by molar-refractivity contribution is -0.122. The summed E-state index contributed by atoms with van der Waals surface area (Å²) in [5.41, 5.74) is 2.50. The molecule has 0 unspecified atom stereocenters. The van der Waals surface area contributed by atoms with Gasteiger partial charge in [-0.15, -0.1) is 0 Å². The Morgan fingerprint density at radius 2 is 1.72 bits per heavy atom. The second kappa shape index (κ2) is 6.06. The number of carbonyl (C=O) groups excluding carboxylic acids is 2. The molecule has 0 spiro atoms. The third-order valence-electron chi connectivity index (χ3n) is 4.67. The van der Waals surface area contributed by atoms with E-state index >= 15 is 0 Å². The summed E-state index contributed by atoms with van der Waals surface area (Å²) in [6.07, 6.45) is 0. The molecular formula is C21H18N2O2. The number of hydrogen-bond acceptors (Lipinski definition) is 2. The number of benzene rings is 3. The molecule has 25 heavy (non-hydrogen) atoms. The Bertz CT molecular complexity index is 961. The predicted octanol–water partition coefficient (Wildman–Crippen LogP) is 3.50. The SMILES string of the molecule is C[C@@H](C(=O)NCc1ccccc1)N1C(=O)c2cccc3cccc1c23. The van der Waals surface area contributed by atoms with Gasteiger partial charge in [0.2, 0.25) is 5.91 Å². The molecule has 0 bridgehead atoms. The van der Waals surface area contributed by atoms with Crippen molar-refractivity contribution in [3.8, 4) is 0 Å². The molecule has 1 N–H and O–H groups in total. The lowest BCUT2D eigenvalue weighted by Gasteiger charge is -2.24. The van der Waals surface area contributed by atoms with Crippen molar-refractivity contribution < 1.29 is 9.59 Å². The van der Waals surface area contributed by atoms with E-state index in [1.54, 1.807) is 11.8 Å². The third-order valence-corrected chi connectivity index (χ3v) is 4.67. The summed E-state index contributed by atoms with van der Waals surface area (Å²) in [5, 5.41) is 4.87. The second-order valence-electron chi connectivity index (χ2n) is 6.24. The van der Waals surface area contributed by atoms with Crippen molar-refractivity contribution in [2.24, 2.45) is 0 Å². The van der Waals surface area contributed by atoms with Gasteiger partial charge in [0, 0.05) is 17.5 Å². The van der Waals surface area contributed by atoms with E-state index in [1.165, 1.54) is 0 Å². The van der Waals surface area contributed by atoms with E-state index < -0.39 is 6.04 Å². The first-order chi connectivity index (χ1) is 12.2. The Hall–Kier alpha value is -3.14. The molecule has 1 heterocycles. The summed E-state index contributed by atoms with van der Waals surface area (Å²) in [6.45, 7) is 2.21. The number of carbonyl (C=O) groups is 2. The largest absolute Gasteiger partial charge is 0.350 e. The van der Waals surface area contributed by atoms with Crippen LogP contribution in [0.15, 0.2) is 66.7 Å². The van der Waals surface area contributed by atoms with Gasteiger partial charge in [0.05, 0.1) is 5.69 Å². The van der Waals surface area contributed by atoms with Gasteiger partial charge in [-0.3, -0.25) is 14.5 Å². The van der Waals surface area contributed by atoms with Gasteiger partial charge in [0.1, 0.15) is 6.04 Å². The molecule has 3 aromatic rings. The van der Waals surface area contributed by atoms with Crippen LogP contribution in [0.1, 0.15) is 22.8 Å². The lowest BCUT2D eigenvalue weighted by atomic mass is 10.1. The van der Waals surface area contributed by atoms with Gasteiger partial charge in [-0.2, -0.15) is 0 Å². The molecule has 4 heteroatoms. The number of anilines is 1. The number of hydrogen-bond donors (Lipinski definition) is 1. The first-order valence-corrected chi connectivity index (χ1v) is 8.34. The third kappa shape index (κ3) is 2.56. The highest BCUT2D eigenvalue weighted by atomic mass is 16.2. The van der Waals surface area contributed by atoms with Crippen LogP contribution in [0, 0.1) is 0 Å². The first kappa shape index (κ1) is 15.4. The van der Waals surface area contributed by atoms with Gasteiger partial charge in [0.25, 0.3) is 5.91 Å². The Balaban J connectivity index is 1.59. The Kier molecular flexibility index (Phi) is 3.73. The maximum absolute atomic E-state index is 12.8. The fourth-order valence-electron chi connectivity index (χ4n) is 3.37. The Morgan fingerprint density at radius 1 is 1.00 bits per heavy atom. The minimum atomic E-state index is -0.575. The van der Waals surface area contributed by atoms with E-state index in [0.29, 0.717) is 12.1 Å². The summed E-state index contributed by atoms with van der Waals surface area (Å²) < 4.78 is 0. The van der Waals surface area contributed by atoms with Gasteiger partial charge in [-0.25, -0.2) is 0 Å². The number of nitrogens with one attached hydrogen (secondary N) is 1. The molecule has 0 fully saturated rings. The Labute approximate surface area is 146 Å². The maximum Gasteiger partial charge on any atom is 0.259 e. The van der Waals surface area contributed by atoms with Crippen LogP contribution in [-0.4, -0.2) is 17.9 Å². The minimum absolute atomic E-state index is 0.117. The van der Waals surface area contributed by atoms with Crippen LogP contribution < -0.4 is 10.2 Å². The van der Waals surface area contributed by atoms with Crippen molar-refractivity contribution in [2.75, 3.05) is 4.90 Å². The van der Waals surface area contributed by atoms with Crippen LogP contribution in [-0.2, 0) is 11.3 Å².